The molecule has 0 fully saturated rings. The van der Waals surface area contributed by atoms with Gasteiger partial charge in [0.15, 0.2) is 0 Å². The molecule has 0 aliphatic carbocycles. The van der Waals surface area contributed by atoms with Gasteiger partial charge in [0.25, 0.3) is 0 Å². The molecule has 2 nitrogen and oxygen atoms in total. The number of aromatic hydroxyl groups is 2. The van der Waals surface area contributed by atoms with Crippen LogP contribution in [0.25, 0.3) is 11.1 Å². The van der Waals surface area contributed by atoms with Gasteiger partial charge in [0.05, 0.1) is 0 Å². The Morgan fingerprint density at radius 3 is 1.50 bits per heavy atom. The van der Waals surface area contributed by atoms with Crippen LogP contribution in [0.2, 0.25) is 0 Å². The second-order valence-electron chi connectivity index (χ2n) is 6.23. The molecule has 0 saturated carbocycles. The second-order valence-corrected chi connectivity index (χ2v) is 6.23. The van der Waals surface area contributed by atoms with Crippen molar-refractivity contribution in [3.05, 3.63) is 120 Å². The number of rotatable bonds is 3. The monoisotopic (exact) mass is 410 g/mol. The molecule has 0 spiro atoms. The van der Waals surface area contributed by atoms with Crippen molar-refractivity contribution in [3.63, 3.8) is 0 Å². The molecule has 0 saturated heterocycles. The molecule has 0 bridgehead atoms. The van der Waals surface area contributed by atoms with Crippen LogP contribution in [0, 0.1) is 0 Å². The predicted molar refractivity (Wildman–Crippen MR) is 112 cm³/mol. The van der Waals surface area contributed by atoms with E-state index >= 15 is 0 Å². The fourth-order valence-electron chi connectivity index (χ4n) is 2.94. The summed E-state index contributed by atoms with van der Waals surface area (Å²) < 4.78 is 0. The molecule has 4 aromatic carbocycles. The first-order valence-corrected chi connectivity index (χ1v) is 8.83. The molecule has 28 heavy (non-hydrogen) atoms. The van der Waals surface area contributed by atoms with E-state index in [9.17, 15) is 10.2 Å². The van der Waals surface area contributed by atoms with Crippen molar-refractivity contribution in [1.82, 2.24) is 0 Å². The molecule has 0 aliphatic rings. The topological polar surface area (TPSA) is 40.5 Å². The summed E-state index contributed by atoms with van der Waals surface area (Å²) in [5.74, 6) is 0.500. The number of phenolic OH excluding ortho intramolecular Hbond substituents is 2. The minimum absolute atomic E-state index is 0. The van der Waals surface area contributed by atoms with Gasteiger partial charge in [-0.3, -0.25) is 0 Å². The van der Waals surface area contributed by atoms with Crippen LogP contribution in [0.5, 0.6) is 11.5 Å². The first-order chi connectivity index (χ1) is 13.1. The van der Waals surface area contributed by atoms with Crippen LogP contribution in [-0.4, -0.2) is 10.2 Å². The average Bonchev–Trinajstić information content (AvgIpc) is 3.41. The van der Waals surface area contributed by atoms with Crippen LogP contribution >= 0.6 is 0 Å². The molecular formula is C25H22FeO2. The van der Waals surface area contributed by atoms with Gasteiger partial charge >= 0.3 is 17.1 Å². The summed E-state index contributed by atoms with van der Waals surface area (Å²) in [4.78, 5) is 0. The van der Waals surface area contributed by atoms with Crippen molar-refractivity contribution in [2.24, 2.45) is 0 Å². The number of phenols is 2. The van der Waals surface area contributed by atoms with Crippen molar-refractivity contribution in [2.45, 2.75) is 6.92 Å². The first-order valence-electron chi connectivity index (χ1n) is 8.83. The van der Waals surface area contributed by atoms with E-state index in [1.165, 1.54) is 0 Å². The van der Waals surface area contributed by atoms with Crippen molar-refractivity contribution in [3.8, 4) is 11.5 Å². The molecule has 0 radical (unpaired) electrons. The van der Waals surface area contributed by atoms with E-state index in [1.54, 1.807) is 24.3 Å². The Kier molecular flexibility index (Phi) is 7.88. The van der Waals surface area contributed by atoms with Crippen molar-refractivity contribution in [1.29, 1.82) is 0 Å². The number of allylic oxidation sites excluding steroid dienone is 1. The van der Waals surface area contributed by atoms with Gasteiger partial charge in [0, 0.05) is 0 Å². The van der Waals surface area contributed by atoms with Crippen LogP contribution in [0.3, 0.4) is 0 Å². The average molecular weight is 410 g/mol. The zero-order chi connectivity index (χ0) is 19.1. The van der Waals surface area contributed by atoms with Crippen LogP contribution in [0.4, 0.5) is 0 Å². The third kappa shape index (κ3) is 5.50. The van der Waals surface area contributed by atoms with E-state index in [0.717, 1.165) is 27.8 Å². The third-order valence-electron chi connectivity index (χ3n) is 4.34. The normalized spacial score (nSPS) is 9.61. The van der Waals surface area contributed by atoms with Crippen LogP contribution < -0.4 is 0 Å². The van der Waals surface area contributed by atoms with Crippen LogP contribution in [-0.2, 0) is 17.1 Å². The molecule has 0 unspecified atom stereocenters. The van der Waals surface area contributed by atoms with E-state index in [-0.39, 0.29) is 28.6 Å². The quantitative estimate of drug-likeness (QED) is 0.312. The second kappa shape index (κ2) is 10.4. The summed E-state index contributed by atoms with van der Waals surface area (Å²) in [7, 11) is 0. The van der Waals surface area contributed by atoms with E-state index in [1.807, 2.05) is 66.7 Å². The maximum absolute atomic E-state index is 9.52. The first kappa shape index (κ1) is 21.3. The molecule has 0 heterocycles. The van der Waals surface area contributed by atoms with E-state index in [0.29, 0.717) is 0 Å². The summed E-state index contributed by atoms with van der Waals surface area (Å²) in [6, 6.07) is 32.6. The smallest absolute Gasteiger partial charge is 0.508 e. The fourth-order valence-corrected chi connectivity index (χ4v) is 2.94. The Balaban J connectivity index is 0.000000408. The largest absolute Gasteiger partial charge is 2.00 e. The molecule has 0 aliphatic heterocycles. The van der Waals surface area contributed by atoms with Crippen molar-refractivity contribution >= 4 is 11.1 Å². The number of hydrogen-bond donors (Lipinski definition) is 2. The molecule has 4 rings (SSSR count). The van der Waals surface area contributed by atoms with Gasteiger partial charge in [-0.1, -0.05) is 47.9 Å². The van der Waals surface area contributed by atoms with E-state index in [2.05, 4.69) is 19.1 Å². The SMILES string of the molecule is CC(=C(c1ccc(O)cc1)c1ccc(O)cc1)[c-]1cccc1.[Fe+2].c1cc[cH-]c1. The maximum Gasteiger partial charge on any atom is 2.00 e. The Bertz CT molecular complexity index is 898. The van der Waals surface area contributed by atoms with E-state index in [4.69, 9.17) is 0 Å². The molecule has 2 N–H and O–H groups in total. The Hall–Kier alpha value is -3.00. The zero-order valence-corrected chi connectivity index (χ0v) is 16.7. The predicted octanol–water partition coefficient (Wildman–Crippen LogP) is 6.20. The van der Waals surface area contributed by atoms with Gasteiger partial charge in [-0.05, 0) is 24.3 Å². The van der Waals surface area contributed by atoms with Gasteiger partial charge in [0.1, 0.15) is 11.5 Å². The zero-order valence-electron chi connectivity index (χ0n) is 15.6. The molecule has 142 valence electrons. The fraction of sp³-hybridized carbons (Fsp3) is 0.0400. The Morgan fingerprint density at radius 1 is 0.714 bits per heavy atom. The molecule has 4 aromatic rings. The minimum atomic E-state index is 0. The third-order valence-corrected chi connectivity index (χ3v) is 4.34. The number of benzene rings is 2. The molecular weight excluding hydrogens is 388 g/mol. The molecule has 0 amide bonds. The maximum atomic E-state index is 9.52. The Labute approximate surface area is 176 Å². The van der Waals surface area contributed by atoms with E-state index < -0.39 is 0 Å². The Morgan fingerprint density at radius 2 is 1.14 bits per heavy atom. The summed E-state index contributed by atoms with van der Waals surface area (Å²) in [5.41, 5.74) is 5.47. The molecule has 3 heteroatoms. The molecule has 0 atom stereocenters. The summed E-state index contributed by atoms with van der Waals surface area (Å²) in [6.07, 6.45) is 0. The van der Waals surface area contributed by atoms with Gasteiger partial charge in [0.2, 0.25) is 0 Å². The van der Waals surface area contributed by atoms with Crippen LogP contribution in [0.1, 0.15) is 23.6 Å². The minimum Gasteiger partial charge on any atom is -0.508 e. The summed E-state index contributed by atoms with van der Waals surface area (Å²) >= 11 is 0. The van der Waals surface area contributed by atoms with Gasteiger partial charge < -0.3 is 10.2 Å². The van der Waals surface area contributed by atoms with Gasteiger partial charge in [-0.15, -0.1) is 23.3 Å². The van der Waals surface area contributed by atoms with Gasteiger partial charge in [-0.2, -0.15) is 30.3 Å². The summed E-state index contributed by atoms with van der Waals surface area (Å²) in [6.45, 7) is 2.09. The molecule has 0 aromatic heterocycles. The number of hydrogen-bond acceptors (Lipinski definition) is 2. The summed E-state index contributed by atoms with van der Waals surface area (Å²) in [5, 5.41) is 19.0. The van der Waals surface area contributed by atoms with Gasteiger partial charge in [-0.25, -0.2) is 12.1 Å². The van der Waals surface area contributed by atoms with Crippen molar-refractivity contribution in [2.75, 3.05) is 0 Å². The van der Waals surface area contributed by atoms with Crippen molar-refractivity contribution < 1.29 is 27.3 Å². The van der Waals surface area contributed by atoms with Crippen LogP contribution in [0.15, 0.2) is 103 Å². The standard InChI is InChI=1S/C20H17O2.C5H5.Fe/c1-14(15-4-2-3-5-15)20(16-6-10-18(21)11-7-16)17-8-12-19(22)13-9-17;1-2-4-5-3-1;/h2-13,21-22H,1H3;1-5H;/q2*-1;+2.